The molecule has 9 nitrogen and oxygen atoms in total. The highest BCUT2D eigenvalue weighted by Gasteiger charge is 2.20. The van der Waals surface area contributed by atoms with Crippen LogP contribution in [0.25, 0.3) is 21.6 Å². The van der Waals surface area contributed by atoms with Crippen LogP contribution in [0.4, 0.5) is 5.82 Å². The van der Waals surface area contributed by atoms with Crippen LogP contribution in [0, 0.1) is 0 Å². The second-order valence-corrected chi connectivity index (χ2v) is 10.4. The number of nitrogens with zero attached hydrogens (tertiary/aromatic N) is 5. The van der Waals surface area contributed by atoms with Crippen molar-refractivity contribution in [1.82, 2.24) is 15.0 Å². The maximum atomic E-state index is 10.5. The van der Waals surface area contributed by atoms with Crippen LogP contribution in [-0.4, -0.2) is 65.2 Å². The summed E-state index contributed by atoms with van der Waals surface area (Å²) in [7, 11) is 1.62. The van der Waals surface area contributed by atoms with Crippen molar-refractivity contribution < 1.29 is 19.4 Å². The molecule has 1 N–H and O–H groups in total. The van der Waals surface area contributed by atoms with Crippen molar-refractivity contribution >= 4 is 39.1 Å². The molecule has 42 heavy (non-hydrogen) atoms. The number of methoxy groups -OCH3 is 1. The number of morpholine rings is 1. The lowest BCUT2D eigenvalue weighted by Crippen LogP contribution is -2.36. The smallest absolute Gasteiger partial charge is 0.337 e. The molecule has 1 fully saturated rings. The van der Waals surface area contributed by atoms with E-state index in [9.17, 15) is 4.79 Å². The highest BCUT2D eigenvalue weighted by molar-refractivity contribution is 7.19. The van der Waals surface area contributed by atoms with Gasteiger partial charge in [-0.2, -0.15) is 0 Å². The van der Waals surface area contributed by atoms with Crippen molar-refractivity contribution in [2.45, 2.75) is 66.7 Å². The number of aliphatic imine (C=N–C) groups is 1. The van der Waals surface area contributed by atoms with E-state index in [1.165, 1.54) is 34.7 Å². The van der Waals surface area contributed by atoms with Crippen LogP contribution in [0.1, 0.15) is 65.2 Å². The van der Waals surface area contributed by atoms with Crippen molar-refractivity contribution in [3.8, 4) is 17.3 Å². The predicted octanol–water partition coefficient (Wildman–Crippen LogP) is 7.37. The molecule has 0 bridgehead atoms. The van der Waals surface area contributed by atoms with E-state index in [4.69, 9.17) is 24.5 Å². The minimum absolute atomic E-state index is 0.121. The fraction of sp³-hybridized carbons (Fsp3) is 0.469. The fourth-order valence-corrected chi connectivity index (χ4v) is 5.15. The van der Waals surface area contributed by atoms with Crippen LogP contribution in [0.5, 0.6) is 5.88 Å². The number of anilines is 1. The largest absolute Gasteiger partial charge is 0.481 e. The molecule has 0 aromatic carbocycles. The monoisotopic (exact) mass is 595 g/mol. The van der Waals surface area contributed by atoms with Crippen molar-refractivity contribution in [2.24, 2.45) is 4.99 Å². The Morgan fingerprint density at radius 3 is 2.52 bits per heavy atom. The molecule has 3 aromatic heterocycles. The second kappa shape index (κ2) is 18.7. The molecule has 4 rings (SSSR count). The normalized spacial score (nSPS) is 13.5. The molecule has 0 unspecified atom stereocenters. The number of carboxylic acids is 1. The van der Waals surface area contributed by atoms with E-state index < -0.39 is 5.97 Å². The van der Waals surface area contributed by atoms with E-state index in [1.807, 2.05) is 51.2 Å². The number of fused-ring (bicyclic) bond motifs is 1. The van der Waals surface area contributed by atoms with Gasteiger partial charge in [0.1, 0.15) is 0 Å². The van der Waals surface area contributed by atoms with E-state index in [1.54, 1.807) is 13.3 Å². The number of hydrogen-bond donors (Lipinski definition) is 1. The Labute approximate surface area is 254 Å². The molecule has 0 spiro atoms. The van der Waals surface area contributed by atoms with Gasteiger partial charge in [0.25, 0.3) is 0 Å². The maximum Gasteiger partial charge on any atom is 0.337 e. The van der Waals surface area contributed by atoms with Crippen molar-refractivity contribution in [3.63, 3.8) is 0 Å². The lowest BCUT2D eigenvalue weighted by molar-refractivity contribution is -0.132. The van der Waals surface area contributed by atoms with E-state index in [0.717, 1.165) is 68.2 Å². The number of aromatic nitrogens is 3. The summed E-state index contributed by atoms with van der Waals surface area (Å²) in [5.74, 6) is 1.31. The molecule has 1 saturated heterocycles. The van der Waals surface area contributed by atoms with E-state index in [-0.39, 0.29) is 5.57 Å². The summed E-state index contributed by atoms with van der Waals surface area (Å²) in [4.78, 5) is 32.3. The summed E-state index contributed by atoms with van der Waals surface area (Å²) < 4.78 is 11.9. The van der Waals surface area contributed by atoms with Crippen LogP contribution in [0.2, 0.25) is 0 Å². The summed E-state index contributed by atoms with van der Waals surface area (Å²) in [5.41, 5.74) is 2.97. The van der Waals surface area contributed by atoms with Gasteiger partial charge in [0, 0.05) is 47.7 Å². The molecule has 0 amide bonds. The Kier molecular flexibility index (Phi) is 15.4. The topological polar surface area (TPSA) is 110 Å². The van der Waals surface area contributed by atoms with Gasteiger partial charge in [0.15, 0.2) is 11.6 Å². The number of carboxylic acid groups (broad SMARTS) is 1. The van der Waals surface area contributed by atoms with Gasteiger partial charge in [0.2, 0.25) is 5.88 Å². The zero-order valence-corrected chi connectivity index (χ0v) is 26.7. The first-order valence-electron chi connectivity index (χ1n) is 14.6. The first-order valence-corrected chi connectivity index (χ1v) is 15.4. The van der Waals surface area contributed by atoms with Gasteiger partial charge in [-0.15, -0.1) is 11.3 Å². The highest BCUT2D eigenvalue weighted by Crippen LogP contribution is 2.35. The minimum atomic E-state index is -0.997. The predicted molar refractivity (Wildman–Crippen MR) is 174 cm³/mol. The van der Waals surface area contributed by atoms with Crippen molar-refractivity contribution in [1.29, 1.82) is 0 Å². The SMILES string of the molecule is C=C/C(=C\N=C(C)CCC)C(=O)O.CC.CCCCc1cc2nc(-c3ccc(OC)nc3)nc(N3CCOCC3)c2s1. The standard InChI is InChI=1S/C20H24N4O2S.C10H15NO2.C2H6/c1-3-4-5-15-12-16-18(27-15)20(24-8-10-26-11-9-24)23-19(22-16)14-6-7-17(25-2)21-13-14;1-4-6-8(3)11-7-9(5-2)10(12)13;1-2/h6-7,12-13H,3-5,8-11H2,1-2H3;5,7H,2,4,6H2,1,3H3,(H,12,13);1-2H3/b;9-7+,11-8?;. The molecular weight excluding hydrogens is 550 g/mol. The second-order valence-electron chi connectivity index (χ2n) is 9.30. The number of pyridine rings is 1. The number of thiophene rings is 1. The van der Waals surface area contributed by atoms with Crippen LogP contribution in [0.3, 0.4) is 0 Å². The van der Waals surface area contributed by atoms with Gasteiger partial charge in [-0.1, -0.05) is 53.2 Å². The van der Waals surface area contributed by atoms with Crippen LogP contribution >= 0.6 is 11.3 Å². The number of hydrogen-bond acceptors (Lipinski definition) is 9. The number of carbonyl (C=O) groups is 1. The van der Waals surface area contributed by atoms with Gasteiger partial charge in [0.05, 0.1) is 36.1 Å². The zero-order valence-electron chi connectivity index (χ0n) is 25.9. The average Bonchev–Trinajstić information content (AvgIpc) is 3.44. The summed E-state index contributed by atoms with van der Waals surface area (Å²) >= 11 is 1.82. The summed E-state index contributed by atoms with van der Waals surface area (Å²) in [6.45, 7) is 16.7. The number of ether oxygens (including phenoxy) is 2. The highest BCUT2D eigenvalue weighted by atomic mass is 32.1. The lowest BCUT2D eigenvalue weighted by Gasteiger charge is -2.28. The lowest BCUT2D eigenvalue weighted by atomic mass is 10.2. The Morgan fingerprint density at radius 2 is 1.95 bits per heavy atom. The minimum Gasteiger partial charge on any atom is -0.481 e. The third-order valence-corrected chi connectivity index (χ3v) is 7.38. The van der Waals surface area contributed by atoms with Crippen molar-refractivity contribution in [3.05, 3.63) is 53.7 Å². The first kappa shape index (κ1) is 34.6. The molecule has 4 heterocycles. The summed E-state index contributed by atoms with van der Waals surface area (Å²) in [6.07, 6.45) is 9.78. The van der Waals surface area contributed by atoms with E-state index >= 15 is 0 Å². The van der Waals surface area contributed by atoms with Crippen LogP contribution in [0.15, 0.2) is 53.8 Å². The van der Waals surface area contributed by atoms with Gasteiger partial charge in [-0.3, -0.25) is 4.99 Å². The Bertz CT molecular complexity index is 1330. The quantitative estimate of drug-likeness (QED) is 0.139. The number of aryl methyl sites for hydroxylation is 1. The van der Waals surface area contributed by atoms with Crippen molar-refractivity contribution in [2.75, 3.05) is 38.3 Å². The molecule has 0 radical (unpaired) electrons. The van der Waals surface area contributed by atoms with Gasteiger partial charge in [-0.25, -0.2) is 19.7 Å². The van der Waals surface area contributed by atoms with Crippen LogP contribution in [-0.2, 0) is 16.0 Å². The third-order valence-electron chi connectivity index (χ3n) is 6.20. The molecule has 0 atom stereocenters. The third kappa shape index (κ3) is 10.3. The molecule has 0 aliphatic carbocycles. The molecule has 1 aliphatic heterocycles. The van der Waals surface area contributed by atoms with E-state index in [2.05, 4.69) is 34.4 Å². The Morgan fingerprint density at radius 1 is 1.21 bits per heavy atom. The fourth-order valence-electron chi connectivity index (χ4n) is 3.99. The summed E-state index contributed by atoms with van der Waals surface area (Å²) in [6, 6.07) is 6.03. The van der Waals surface area contributed by atoms with E-state index in [0.29, 0.717) is 11.7 Å². The zero-order chi connectivity index (χ0) is 30.9. The molecule has 10 heteroatoms. The molecule has 1 aliphatic rings. The molecular formula is C32H45N5O4S. The van der Waals surface area contributed by atoms with Gasteiger partial charge in [-0.05, 0) is 38.3 Å². The Balaban J connectivity index is 0.000000350. The summed E-state index contributed by atoms with van der Waals surface area (Å²) in [5, 5.41) is 8.61. The number of unbranched alkanes of at least 4 members (excludes halogenated alkanes) is 1. The van der Waals surface area contributed by atoms with Gasteiger partial charge < -0.3 is 19.5 Å². The maximum absolute atomic E-state index is 10.5. The van der Waals surface area contributed by atoms with Crippen LogP contribution < -0.4 is 9.64 Å². The molecule has 228 valence electrons. The molecule has 3 aromatic rings. The Hall–Kier alpha value is -3.63. The molecule has 0 saturated carbocycles. The first-order chi connectivity index (χ1) is 20.4. The number of rotatable bonds is 11. The average molecular weight is 596 g/mol. The van der Waals surface area contributed by atoms with Gasteiger partial charge >= 0.3 is 5.97 Å². The number of aliphatic carboxylic acids is 1.